The third-order valence-corrected chi connectivity index (χ3v) is 6.69. The fourth-order valence-electron chi connectivity index (χ4n) is 4.27. The van der Waals surface area contributed by atoms with Gasteiger partial charge in [-0.2, -0.15) is 4.98 Å². The Morgan fingerprint density at radius 3 is 2.39 bits per heavy atom. The van der Waals surface area contributed by atoms with Gasteiger partial charge in [0.25, 0.3) is 0 Å². The van der Waals surface area contributed by atoms with Crippen molar-refractivity contribution >= 4 is 35.0 Å². The number of nitrogens with zero attached hydrogens (tertiary/aromatic N) is 4. The van der Waals surface area contributed by atoms with Crippen molar-refractivity contribution in [3.05, 3.63) is 34.1 Å². The molecule has 2 saturated heterocycles. The molecule has 0 saturated carbocycles. The van der Waals surface area contributed by atoms with Gasteiger partial charge in [0.1, 0.15) is 0 Å². The van der Waals surface area contributed by atoms with E-state index in [4.69, 9.17) is 33.5 Å². The molecule has 166 valence electrons. The SMILES string of the molecule is NC(=O)C1CCN(C(=O)C2CCN(Cc3nc(-c4ccc(Cl)cc4Cl)no3)CC2)CC1. The molecule has 0 bridgehead atoms. The number of carbonyl (C=O) groups is 2. The summed E-state index contributed by atoms with van der Waals surface area (Å²) in [6.45, 7) is 3.33. The van der Waals surface area contributed by atoms with Crippen molar-refractivity contribution in [2.75, 3.05) is 26.2 Å². The fourth-order valence-corrected chi connectivity index (χ4v) is 4.76. The summed E-state index contributed by atoms with van der Waals surface area (Å²) < 4.78 is 5.40. The van der Waals surface area contributed by atoms with E-state index < -0.39 is 0 Å². The minimum absolute atomic E-state index is 0.0208. The molecule has 2 fully saturated rings. The van der Waals surface area contributed by atoms with Gasteiger partial charge in [-0.15, -0.1) is 0 Å². The molecule has 2 aromatic rings. The average molecular weight is 466 g/mol. The van der Waals surface area contributed by atoms with Gasteiger partial charge in [-0.05, 0) is 57.0 Å². The lowest BCUT2D eigenvalue weighted by atomic mass is 9.92. The van der Waals surface area contributed by atoms with Gasteiger partial charge in [-0.1, -0.05) is 28.4 Å². The van der Waals surface area contributed by atoms with Gasteiger partial charge in [-0.25, -0.2) is 0 Å². The quantitative estimate of drug-likeness (QED) is 0.727. The summed E-state index contributed by atoms with van der Waals surface area (Å²) >= 11 is 12.2. The van der Waals surface area contributed by atoms with Crippen LogP contribution in [0.3, 0.4) is 0 Å². The molecule has 0 atom stereocenters. The third-order valence-electron chi connectivity index (χ3n) is 6.14. The molecule has 0 radical (unpaired) electrons. The first-order valence-electron chi connectivity index (χ1n) is 10.5. The number of likely N-dealkylation sites (tertiary alicyclic amines) is 2. The number of halogens is 2. The number of aromatic nitrogens is 2. The number of amides is 2. The topological polar surface area (TPSA) is 106 Å². The minimum atomic E-state index is -0.261. The summed E-state index contributed by atoms with van der Waals surface area (Å²) in [5.41, 5.74) is 6.05. The number of carbonyl (C=O) groups excluding carboxylic acids is 2. The number of rotatable bonds is 5. The summed E-state index contributed by atoms with van der Waals surface area (Å²) in [6.07, 6.45) is 2.91. The second-order valence-electron chi connectivity index (χ2n) is 8.19. The van der Waals surface area contributed by atoms with Crippen molar-refractivity contribution in [2.24, 2.45) is 17.6 Å². The van der Waals surface area contributed by atoms with Crippen LogP contribution >= 0.6 is 23.2 Å². The summed E-state index contributed by atoms with van der Waals surface area (Å²) in [4.78, 5) is 32.7. The largest absolute Gasteiger partial charge is 0.369 e. The van der Waals surface area contributed by atoms with E-state index in [-0.39, 0.29) is 23.7 Å². The second kappa shape index (κ2) is 9.54. The van der Waals surface area contributed by atoms with Crippen LogP contribution in [0.2, 0.25) is 10.0 Å². The van der Waals surface area contributed by atoms with Gasteiger partial charge in [-0.3, -0.25) is 14.5 Å². The highest BCUT2D eigenvalue weighted by Gasteiger charge is 2.32. The van der Waals surface area contributed by atoms with E-state index in [9.17, 15) is 9.59 Å². The molecule has 2 aliphatic rings. The van der Waals surface area contributed by atoms with Gasteiger partial charge in [0.15, 0.2) is 0 Å². The van der Waals surface area contributed by atoms with Gasteiger partial charge >= 0.3 is 0 Å². The molecular weight excluding hydrogens is 441 g/mol. The lowest BCUT2D eigenvalue weighted by Crippen LogP contribution is -2.46. The second-order valence-corrected chi connectivity index (χ2v) is 9.03. The third kappa shape index (κ3) is 5.19. The number of nitrogens with two attached hydrogens (primary N) is 1. The molecule has 0 spiro atoms. The van der Waals surface area contributed by atoms with Crippen LogP contribution in [0.4, 0.5) is 0 Å². The molecule has 31 heavy (non-hydrogen) atoms. The average Bonchev–Trinajstić information content (AvgIpc) is 3.22. The molecule has 1 aromatic heterocycles. The molecule has 4 rings (SSSR count). The van der Waals surface area contributed by atoms with Gasteiger partial charge in [0.2, 0.25) is 23.5 Å². The Bertz CT molecular complexity index is 950. The Labute approximate surface area is 190 Å². The molecule has 8 nitrogen and oxygen atoms in total. The summed E-state index contributed by atoms with van der Waals surface area (Å²) in [7, 11) is 0. The van der Waals surface area contributed by atoms with Gasteiger partial charge in [0, 0.05) is 35.5 Å². The maximum absolute atomic E-state index is 12.8. The van der Waals surface area contributed by atoms with E-state index in [0.717, 1.165) is 25.9 Å². The number of benzene rings is 1. The predicted octanol–water partition coefficient (Wildman–Crippen LogP) is 2.98. The highest BCUT2D eigenvalue weighted by Crippen LogP contribution is 2.29. The van der Waals surface area contributed by atoms with Crippen molar-refractivity contribution in [1.29, 1.82) is 0 Å². The molecule has 0 unspecified atom stereocenters. The van der Waals surface area contributed by atoms with E-state index in [1.54, 1.807) is 18.2 Å². The van der Waals surface area contributed by atoms with Gasteiger partial charge in [0.05, 0.1) is 11.6 Å². The molecule has 2 N–H and O–H groups in total. The molecule has 1 aromatic carbocycles. The van der Waals surface area contributed by atoms with Crippen LogP contribution in [0, 0.1) is 11.8 Å². The van der Waals surface area contributed by atoms with Crippen molar-refractivity contribution in [1.82, 2.24) is 19.9 Å². The van der Waals surface area contributed by atoms with E-state index in [1.807, 2.05) is 4.90 Å². The van der Waals surface area contributed by atoms with Crippen LogP contribution in [-0.4, -0.2) is 57.9 Å². The normalized spacial score (nSPS) is 19.0. The first kappa shape index (κ1) is 22.0. The Kier molecular flexibility index (Phi) is 6.79. The fraction of sp³-hybridized carbons (Fsp3) is 0.524. The number of piperidine rings is 2. The van der Waals surface area contributed by atoms with Crippen molar-refractivity contribution in [3.8, 4) is 11.4 Å². The zero-order chi connectivity index (χ0) is 22.0. The predicted molar refractivity (Wildman–Crippen MR) is 116 cm³/mol. The molecular formula is C21H25Cl2N5O3. The monoisotopic (exact) mass is 465 g/mol. The van der Waals surface area contributed by atoms with Crippen LogP contribution in [0.1, 0.15) is 31.6 Å². The first-order valence-corrected chi connectivity index (χ1v) is 11.2. The minimum Gasteiger partial charge on any atom is -0.369 e. The zero-order valence-electron chi connectivity index (χ0n) is 17.1. The smallest absolute Gasteiger partial charge is 0.241 e. The van der Waals surface area contributed by atoms with Crippen molar-refractivity contribution in [3.63, 3.8) is 0 Å². The molecule has 10 heteroatoms. The highest BCUT2D eigenvalue weighted by atomic mass is 35.5. The molecule has 2 aliphatic heterocycles. The van der Waals surface area contributed by atoms with Crippen LogP contribution in [-0.2, 0) is 16.1 Å². The standard InChI is InChI=1S/C21H25Cl2N5O3/c22-15-1-2-16(17(23)11-15)20-25-18(31-26-20)12-27-7-3-14(4-8-27)21(30)28-9-5-13(6-10-28)19(24)29/h1-2,11,13-14H,3-10,12H2,(H2,24,29). The Balaban J connectivity index is 1.27. The van der Waals surface area contributed by atoms with E-state index in [2.05, 4.69) is 15.0 Å². The van der Waals surface area contributed by atoms with E-state index in [1.165, 1.54) is 0 Å². The zero-order valence-corrected chi connectivity index (χ0v) is 18.6. The van der Waals surface area contributed by atoms with Crippen molar-refractivity contribution in [2.45, 2.75) is 32.2 Å². The lowest BCUT2D eigenvalue weighted by molar-refractivity contribution is -0.140. The summed E-state index contributed by atoms with van der Waals surface area (Å²) in [6, 6.07) is 5.15. The van der Waals surface area contributed by atoms with E-state index >= 15 is 0 Å². The Hall–Kier alpha value is -2.16. The number of hydrogen-bond donors (Lipinski definition) is 1. The number of primary amides is 1. The van der Waals surface area contributed by atoms with Gasteiger partial charge < -0.3 is 15.2 Å². The maximum Gasteiger partial charge on any atom is 0.241 e. The first-order chi connectivity index (χ1) is 14.9. The summed E-state index contributed by atoms with van der Waals surface area (Å²) in [5.74, 6) is 0.795. The lowest BCUT2D eigenvalue weighted by Gasteiger charge is -2.36. The number of hydrogen-bond acceptors (Lipinski definition) is 6. The van der Waals surface area contributed by atoms with Crippen LogP contribution in [0.5, 0.6) is 0 Å². The van der Waals surface area contributed by atoms with E-state index in [0.29, 0.717) is 59.8 Å². The maximum atomic E-state index is 12.8. The summed E-state index contributed by atoms with van der Waals surface area (Å²) in [5, 5.41) is 5.05. The van der Waals surface area contributed by atoms with Crippen LogP contribution in [0.15, 0.2) is 22.7 Å². The Morgan fingerprint density at radius 1 is 1.06 bits per heavy atom. The molecule has 3 heterocycles. The molecule has 2 amide bonds. The van der Waals surface area contributed by atoms with Crippen LogP contribution in [0.25, 0.3) is 11.4 Å². The Morgan fingerprint density at radius 2 is 1.74 bits per heavy atom. The van der Waals surface area contributed by atoms with Crippen LogP contribution < -0.4 is 5.73 Å². The highest BCUT2D eigenvalue weighted by molar-refractivity contribution is 6.36. The van der Waals surface area contributed by atoms with Crippen molar-refractivity contribution < 1.29 is 14.1 Å². The molecule has 0 aliphatic carbocycles.